The number of aryl methyl sites for hydroxylation is 2. The van der Waals surface area contributed by atoms with E-state index in [2.05, 4.69) is 4.98 Å². The lowest BCUT2D eigenvalue weighted by atomic mass is 9.72. The van der Waals surface area contributed by atoms with E-state index in [1.165, 1.54) is 0 Å². The number of aromatic carboxylic acids is 1. The Kier molecular flexibility index (Phi) is 7.14. The van der Waals surface area contributed by atoms with Gasteiger partial charge in [-0.1, -0.05) is 29.8 Å². The molecule has 1 aliphatic rings. The van der Waals surface area contributed by atoms with E-state index in [1.54, 1.807) is 6.07 Å². The Bertz CT molecular complexity index is 1320. The van der Waals surface area contributed by atoms with Crippen molar-refractivity contribution in [3.63, 3.8) is 0 Å². The van der Waals surface area contributed by atoms with Crippen LogP contribution in [0.3, 0.4) is 0 Å². The third kappa shape index (κ3) is 4.90. The summed E-state index contributed by atoms with van der Waals surface area (Å²) in [4.78, 5) is 39.0. The van der Waals surface area contributed by atoms with Crippen molar-refractivity contribution in [3.05, 3.63) is 68.9 Å². The van der Waals surface area contributed by atoms with Crippen molar-refractivity contribution in [2.45, 2.75) is 56.9 Å². The highest BCUT2D eigenvalue weighted by molar-refractivity contribution is 6.31. The highest BCUT2D eigenvalue weighted by Gasteiger charge is 2.38. The minimum atomic E-state index is -1.11. The molecule has 8 nitrogen and oxygen atoms in total. The summed E-state index contributed by atoms with van der Waals surface area (Å²) >= 11 is 6.25. The molecule has 0 aliphatic heterocycles. The minimum absolute atomic E-state index is 0.0426. The second-order valence-electron chi connectivity index (χ2n) is 9.07. The molecular weight excluding hydrogens is 470 g/mol. The third-order valence-electron chi connectivity index (χ3n) is 6.87. The number of rotatable bonds is 10. The van der Waals surface area contributed by atoms with Crippen molar-refractivity contribution in [1.29, 1.82) is 0 Å². The van der Waals surface area contributed by atoms with Gasteiger partial charge in [-0.2, -0.15) is 0 Å². The number of amides is 1. The Morgan fingerprint density at radius 1 is 1.14 bits per heavy atom. The lowest BCUT2D eigenvalue weighted by molar-refractivity contribution is -0.137. The molecule has 2 unspecified atom stereocenters. The molecule has 4 rings (SSSR count). The van der Waals surface area contributed by atoms with Gasteiger partial charge >= 0.3 is 11.9 Å². The van der Waals surface area contributed by atoms with Gasteiger partial charge in [0.05, 0.1) is 5.92 Å². The van der Waals surface area contributed by atoms with E-state index < -0.39 is 29.7 Å². The number of H-pyrrole nitrogens is 1. The van der Waals surface area contributed by atoms with Gasteiger partial charge in [0, 0.05) is 34.8 Å². The summed E-state index contributed by atoms with van der Waals surface area (Å²) < 4.78 is 0. The molecule has 184 valence electrons. The first-order valence-electron chi connectivity index (χ1n) is 11.6. The summed E-state index contributed by atoms with van der Waals surface area (Å²) in [6.45, 7) is 0.322. The van der Waals surface area contributed by atoms with Gasteiger partial charge < -0.3 is 26.7 Å². The zero-order valence-corrected chi connectivity index (χ0v) is 19.9. The maximum absolute atomic E-state index is 13.0. The van der Waals surface area contributed by atoms with Gasteiger partial charge in [-0.05, 0) is 72.1 Å². The van der Waals surface area contributed by atoms with Gasteiger partial charge in [0.25, 0.3) is 0 Å². The number of carboxylic acids is 2. The van der Waals surface area contributed by atoms with Gasteiger partial charge in [-0.15, -0.1) is 0 Å². The number of primary amides is 1. The van der Waals surface area contributed by atoms with Crippen molar-refractivity contribution < 1.29 is 24.6 Å². The molecule has 1 aliphatic carbocycles. The van der Waals surface area contributed by atoms with Crippen LogP contribution in [0.2, 0.25) is 5.02 Å². The number of hydrogen-bond acceptors (Lipinski definition) is 4. The van der Waals surface area contributed by atoms with Crippen molar-refractivity contribution >= 4 is 40.3 Å². The largest absolute Gasteiger partial charge is 0.481 e. The molecule has 2 aromatic carbocycles. The maximum atomic E-state index is 13.0. The number of nitrogens with two attached hydrogens (primary N) is 2. The van der Waals surface area contributed by atoms with Crippen LogP contribution in [0, 0.1) is 0 Å². The van der Waals surface area contributed by atoms with E-state index in [-0.39, 0.29) is 12.1 Å². The van der Waals surface area contributed by atoms with Crippen LogP contribution in [0.5, 0.6) is 0 Å². The van der Waals surface area contributed by atoms with Crippen molar-refractivity contribution in [3.8, 4) is 0 Å². The molecule has 9 heteroatoms. The minimum Gasteiger partial charge on any atom is -0.481 e. The molecule has 35 heavy (non-hydrogen) atoms. The van der Waals surface area contributed by atoms with Gasteiger partial charge in [-0.3, -0.25) is 9.59 Å². The fraction of sp³-hybridized carbons (Fsp3) is 0.346. The number of aromatic nitrogens is 1. The van der Waals surface area contributed by atoms with Crippen LogP contribution in [-0.2, 0) is 29.0 Å². The van der Waals surface area contributed by atoms with E-state index in [0.717, 1.165) is 27.6 Å². The number of carbonyl (C=O) groups is 3. The predicted octanol–water partition coefficient (Wildman–Crippen LogP) is 4.07. The summed E-state index contributed by atoms with van der Waals surface area (Å²) in [5.41, 5.74) is 16.5. The quantitative estimate of drug-likeness (QED) is 0.265. The van der Waals surface area contributed by atoms with Crippen LogP contribution in [0.1, 0.15) is 75.8 Å². The molecule has 0 saturated heterocycles. The third-order valence-corrected chi connectivity index (χ3v) is 7.08. The molecule has 0 saturated carbocycles. The Balaban J connectivity index is 1.82. The Morgan fingerprint density at radius 3 is 2.57 bits per heavy atom. The molecular formula is C26H28ClN3O5. The normalized spacial score (nSPS) is 15.8. The van der Waals surface area contributed by atoms with Crippen LogP contribution in [0.4, 0.5) is 0 Å². The second kappa shape index (κ2) is 10.1. The maximum Gasteiger partial charge on any atom is 0.352 e. The monoisotopic (exact) mass is 497 g/mol. The summed E-state index contributed by atoms with van der Waals surface area (Å²) in [5, 5.41) is 20.2. The number of aromatic amines is 1. The first kappa shape index (κ1) is 24.8. The van der Waals surface area contributed by atoms with Crippen LogP contribution in [0.25, 0.3) is 10.9 Å². The number of unbranched alkanes of at least 4 members (excludes halogenated alkanes) is 1. The average molecular weight is 498 g/mol. The molecule has 7 N–H and O–H groups in total. The molecule has 0 bridgehead atoms. The number of halogens is 1. The zero-order chi connectivity index (χ0) is 25.3. The number of nitrogens with one attached hydrogen (secondary N) is 1. The van der Waals surface area contributed by atoms with Gasteiger partial charge in [0.15, 0.2) is 0 Å². The number of carbonyl (C=O) groups excluding carboxylic acids is 1. The number of aliphatic carboxylic acids is 1. The molecule has 1 aromatic heterocycles. The van der Waals surface area contributed by atoms with Crippen LogP contribution < -0.4 is 11.5 Å². The lowest BCUT2D eigenvalue weighted by Gasteiger charge is -2.31. The van der Waals surface area contributed by atoms with Crippen LogP contribution in [-0.4, -0.2) is 33.0 Å². The number of carboxylic acid groups (broad SMARTS) is 2. The fourth-order valence-corrected chi connectivity index (χ4v) is 5.64. The summed E-state index contributed by atoms with van der Waals surface area (Å²) in [6.07, 6.45) is 2.92. The van der Waals surface area contributed by atoms with Crippen molar-refractivity contribution in [2.75, 3.05) is 0 Å². The first-order chi connectivity index (χ1) is 16.7. The zero-order valence-electron chi connectivity index (χ0n) is 19.1. The summed E-state index contributed by atoms with van der Waals surface area (Å²) in [5.74, 6) is -3.69. The lowest BCUT2D eigenvalue weighted by Crippen LogP contribution is -2.30. The Morgan fingerprint density at radius 2 is 1.91 bits per heavy atom. The fourth-order valence-electron chi connectivity index (χ4n) is 5.40. The molecule has 1 amide bonds. The van der Waals surface area contributed by atoms with Gasteiger partial charge in [0.1, 0.15) is 5.69 Å². The molecule has 3 aromatic rings. The molecule has 0 radical (unpaired) electrons. The topological polar surface area (TPSA) is 160 Å². The van der Waals surface area contributed by atoms with Gasteiger partial charge in [0.2, 0.25) is 5.91 Å². The SMILES string of the molecule is NCc1ccc(C(C(N)=O)C2CCc3cc(Cl)cc4[nH]c(C(=O)O)c2c34)c(CCCCC(=O)O)c1. The smallest absolute Gasteiger partial charge is 0.352 e. The summed E-state index contributed by atoms with van der Waals surface area (Å²) in [6, 6.07) is 9.18. The van der Waals surface area contributed by atoms with E-state index in [4.69, 9.17) is 28.2 Å². The Hall–Kier alpha value is -3.36. The van der Waals surface area contributed by atoms with Gasteiger partial charge in [-0.25, -0.2) is 4.79 Å². The predicted molar refractivity (Wildman–Crippen MR) is 133 cm³/mol. The van der Waals surface area contributed by atoms with Crippen LogP contribution >= 0.6 is 11.6 Å². The van der Waals surface area contributed by atoms with Crippen LogP contribution in [0.15, 0.2) is 30.3 Å². The molecule has 0 spiro atoms. The van der Waals surface area contributed by atoms with E-state index in [1.807, 2.05) is 24.3 Å². The van der Waals surface area contributed by atoms with E-state index in [9.17, 15) is 19.5 Å². The Labute approximate surface area is 207 Å². The number of hydrogen-bond donors (Lipinski definition) is 5. The van der Waals surface area contributed by atoms with E-state index >= 15 is 0 Å². The molecule has 0 fully saturated rings. The second-order valence-corrected chi connectivity index (χ2v) is 9.51. The van der Waals surface area contributed by atoms with Crippen molar-refractivity contribution in [1.82, 2.24) is 4.98 Å². The van der Waals surface area contributed by atoms with E-state index in [0.29, 0.717) is 54.8 Å². The standard InChI is InChI=1S/C26H28ClN3O5/c27-16-10-15-6-8-18(23-21(15)19(11-16)30-24(23)26(34)35)22(25(29)33)17-7-5-13(12-28)9-14(17)3-1-2-4-20(31)32/h5,7,9-11,18,22,30H,1-4,6,8,12,28H2,(H2,29,33)(H,31,32)(H,34,35). The molecule has 2 atom stereocenters. The average Bonchev–Trinajstić information content (AvgIpc) is 3.19. The van der Waals surface area contributed by atoms with Crippen molar-refractivity contribution in [2.24, 2.45) is 11.5 Å². The summed E-state index contributed by atoms with van der Waals surface area (Å²) in [7, 11) is 0. The highest BCUT2D eigenvalue weighted by Crippen LogP contribution is 2.47. The molecule has 1 heterocycles. The number of benzene rings is 2. The highest BCUT2D eigenvalue weighted by atomic mass is 35.5. The first-order valence-corrected chi connectivity index (χ1v) is 12.0.